The summed E-state index contributed by atoms with van der Waals surface area (Å²) in [5.74, 6) is -0.155. The van der Waals surface area contributed by atoms with Gasteiger partial charge in [-0.3, -0.25) is 4.90 Å². The van der Waals surface area contributed by atoms with Gasteiger partial charge in [0, 0.05) is 38.3 Å². The highest BCUT2D eigenvalue weighted by molar-refractivity contribution is 5.20. The van der Waals surface area contributed by atoms with Crippen molar-refractivity contribution in [3.63, 3.8) is 0 Å². The zero-order chi connectivity index (χ0) is 15.2. The van der Waals surface area contributed by atoms with Gasteiger partial charge in [0.05, 0.1) is 0 Å². The van der Waals surface area contributed by atoms with Crippen LogP contribution in [0.1, 0.15) is 31.9 Å². The van der Waals surface area contributed by atoms with Crippen molar-refractivity contribution in [1.82, 2.24) is 15.1 Å². The fourth-order valence-electron chi connectivity index (χ4n) is 3.26. The molecule has 2 atom stereocenters. The minimum Gasteiger partial charge on any atom is -0.313 e. The van der Waals surface area contributed by atoms with Crippen LogP contribution in [-0.4, -0.2) is 55.6 Å². The van der Waals surface area contributed by atoms with E-state index < -0.39 is 0 Å². The Labute approximate surface area is 128 Å². The quantitative estimate of drug-likeness (QED) is 0.869. The van der Waals surface area contributed by atoms with Crippen molar-refractivity contribution in [2.24, 2.45) is 0 Å². The summed E-state index contributed by atoms with van der Waals surface area (Å²) in [6.45, 7) is 10.2. The molecular formula is C17H28FN3. The van der Waals surface area contributed by atoms with Crippen molar-refractivity contribution in [2.45, 2.75) is 32.4 Å². The van der Waals surface area contributed by atoms with Gasteiger partial charge in [-0.1, -0.05) is 19.1 Å². The molecule has 1 aliphatic rings. The third-order valence-corrected chi connectivity index (χ3v) is 4.59. The van der Waals surface area contributed by atoms with Crippen LogP contribution < -0.4 is 5.32 Å². The maximum atomic E-state index is 13.3. The van der Waals surface area contributed by atoms with Crippen molar-refractivity contribution in [2.75, 3.05) is 39.8 Å². The Morgan fingerprint density at radius 1 is 1.38 bits per heavy atom. The maximum Gasteiger partial charge on any atom is 0.123 e. The average Bonchev–Trinajstić information content (AvgIpc) is 2.48. The fraction of sp³-hybridized carbons (Fsp3) is 0.647. The molecular weight excluding hydrogens is 265 g/mol. The number of nitrogens with one attached hydrogen (secondary N) is 1. The van der Waals surface area contributed by atoms with Crippen molar-refractivity contribution in [3.05, 3.63) is 35.6 Å². The second-order valence-electron chi connectivity index (χ2n) is 5.96. The number of hydrogen-bond acceptors (Lipinski definition) is 3. The Kier molecular flexibility index (Phi) is 6.15. The van der Waals surface area contributed by atoms with Gasteiger partial charge in [-0.25, -0.2) is 4.39 Å². The van der Waals surface area contributed by atoms with E-state index in [2.05, 4.69) is 29.0 Å². The molecule has 1 heterocycles. The van der Waals surface area contributed by atoms with E-state index in [0.29, 0.717) is 6.04 Å². The number of hydrogen-bond donors (Lipinski definition) is 1. The molecule has 1 aromatic rings. The molecule has 3 nitrogen and oxygen atoms in total. The highest BCUT2D eigenvalue weighted by Crippen LogP contribution is 2.19. The van der Waals surface area contributed by atoms with Gasteiger partial charge in [0.25, 0.3) is 0 Å². The zero-order valence-electron chi connectivity index (χ0n) is 13.5. The molecule has 0 aliphatic carbocycles. The van der Waals surface area contributed by atoms with Gasteiger partial charge in [0.1, 0.15) is 5.82 Å². The summed E-state index contributed by atoms with van der Waals surface area (Å²) in [6, 6.07) is 7.78. The van der Waals surface area contributed by atoms with E-state index >= 15 is 0 Å². The smallest absolute Gasteiger partial charge is 0.123 e. The van der Waals surface area contributed by atoms with Crippen LogP contribution in [0.15, 0.2) is 24.3 Å². The molecule has 21 heavy (non-hydrogen) atoms. The third kappa shape index (κ3) is 4.50. The molecule has 0 amide bonds. The molecule has 2 rings (SSSR count). The van der Waals surface area contributed by atoms with Crippen LogP contribution in [-0.2, 0) is 0 Å². The first-order valence-electron chi connectivity index (χ1n) is 8.03. The summed E-state index contributed by atoms with van der Waals surface area (Å²) in [5, 5.41) is 3.31. The third-order valence-electron chi connectivity index (χ3n) is 4.59. The van der Waals surface area contributed by atoms with Gasteiger partial charge in [0.15, 0.2) is 0 Å². The molecule has 1 saturated heterocycles. The molecule has 4 heteroatoms. The Morgan fingerprint density at radius 2 is 2.19 bits per heavy atom. The minimum absolute atomic E-state index is 0.155. The summed E-state index contributed by atoms with van der Waals surface area (Å²) < 4.78 is 13.3. The van der Waals surface area contributed by atoms with E-state index in [0.717, 1.165) is 44.7 Å². The summed E-state index contributed by atoms with van der Waals surface area (Å²) in [6.07, 6.45) is 1.01. The predicted octanol–water partition coefficient (Wildman–Crippen LogP) is 2.50. The van der Waals surface area contributed by atoms with Crippen LogP contribution in [0.4, 0.5) is 4.39 Å². The fourth-order valence-corrected chi connectivity index (χ4v) is 3.26. The summed E-state index contributed by atoms with van der Waals surface area (Å²) >= 11 is 0. The second-order valence-corrected chi connectivity index (χ2v) is 5.96. The SMILES string of the molecule is CCN1CCN(CCC(NC)c2cccc(F)c2)CC1C. The molecule has 118 valence electrons. The average molecular weight is 293 g/mol. The number of rotatable bonds is 6. The van der Waals surface area contributed by atoms with E-state index in [1.54, 1.807) is 12.1 Å². The first kappa shape index (κ1) is 16.4. The lowest BCUT2D eigenvalue weighted by Crippen LogP contribution is -2.51. The lowest BCUT2D eigenvalue weighted by atomic mass is 10.0. The number of piperazine rings is 1. The van der Waals surface area contributed by atoms with Crippen LogP contribution in [0.5, 0.6) is 0 Å². The topological polar surface area (TPSA) is 18.5 Å². The van der Waals surface area contributed by atoms with Gasteiger partial charge in [0.2, 0.25) is 0 Å². The molecule has 1 aromatic carbocycles. The molecule has 1 aliphatic heterocycles. The van der Waals surface area contributed by atoms with E-state index in [1.807, 2.05) is 13.1 Å². The monoisotopic (exact) mass is 293 g/mol. The Bertz CT molecular complexity index is 438. The second kappa shape index (κ2) is 7.87. The molecule has 0 bridgehead atoms. The van der Waals surface area contributed by atoms with Gasteiger partial charge in [-0.2, -0.15) is 0 Å². The number of nitrogens with zero attached hydrogens (tertiary/aromatic N) is 2. The maximum absolute atomic E-state index is 13.3. The van der Waals surface area contributed by atoms with Crippen LogP contribution in [0.25, 0.3) is 0 Å². The highest BCUT2D eigenvalue weighted by atomic mass is 19.1. The highest BCUT2D eigenvalue weighted by Gasteiger charge is 2.22. The summed E-state index contributed by atoms with van der Waals surface area (Å²) in [4.78, 5) is 5.05. The van der Waals surface area contributed by atoms with E-state index in [1.165, 1.54) is 6.07 Å². The molecule has 2 unspecified atom stereocenters. The Morgan fingerprint density at radius 3 is 2.81 bits per heavy atom. The Balaban J connectivity index is 1.86. The number of halogens is 1. The molecule has 0 saturated carbocycles. The van der Waals surface area contributed by atoms with Gasteiger partial charge in [-0.05, 0) is 44.6 Å². The standard InChI is InChI=1S/C17H28FN3/c1-4-21-11-10-20(13-14(21)2)9-8-17(19-3)15-6-5-7-16(18)12-15/h5-7,12,14,17,19H,4,8-11,13H2,1-3H3. The first-order valence-corrected chi connectivity index (χ1v) is 8.03. The predicted molar refractivity (Wildman–Crippen MR) is 86.0 cm³/mol. The van der Waals surface area contributed by atoms with E-state index in [9.17, 15) is 4.39 Å². The lowest BCUT2D eigenvalue weighted by molar-refractivity contribution is 0.0854. The van der Waals surface area contributed by atoms with Gasteiger partial charge >= 0.3 is 0 Å². The Hall–Kier alpha value is -0.970. The van der Waals surface area contributed by atoms with E-state index in [4.69, 9.17) is 0 Å². The van der Waals surface area contributed by atoms with Crippen molar-refractivity contribution < 1.29 is 4.39 Å². The van der Waals surface area contributed by atoms with Gasteiger partial charge in [-0.15, -0.1) is 0 Å². The zero-order valence-corrected chi connectivity index (χ0v) is 13.5. The van der Waals surface area contributed by atoms with Crippen molar-refractivity contribution in [1.29, 1.82) is 0 Å². The first-order chi connectivity index (χ1) is 10.1. The van der Waals surface area contributed by atoms with Crippen molar-refractivity contribution in [3.8, 4) is 0 Å². The van der Waals surface area contributed by atoms with Gasteiger partial charge < -0.3 is 10.2 Å². The molecule has 0 aromatic heterocycles. The van der Waals surface area contributed by atoms with Crippen LogP contribution in [0, 0.1) is 5.82 Å². The summed E-state index contributed by atoms with van der Waals surface area (Å²) in [5.41, 5.74) is 1.04. The molecule has 1 fully saturated rings. The minimum atomic E-state index is -0.155. The molecule has 0 radical (unpaired) electrons. The van der Waals surface area contributed by atoms with Crippen molar-refractivity contribution >= 4 is 0 Å². The van der Waals surface area contributed by atoms with Crippen LogP contribution in [0.2, 0.25) is 0 Å². The lowest BCUT2D eigenvalue weighted by Gasteiger charge is -2.39. The van der Waals surface area contributed by atoms with Crippen LogP contribution >= 0.6 is 0 Å². The molecule has 1 N–H and O–H groups in total. The largest absolute Gasteiger partial charge is 0.313 e. The van der Waals surface area contributed by atoms with E-state index in [-0.39, 0.29) is 11.9 Å². The number of benzene rings is 1. The summed E-state index contributed by atoms with van der Waals surface area (Å²) in [7, 11) is 1.95. The normalized spacial score (nSPS) is 22.4. The molecule has 0 spiro atoms. The van der Waals surface area contributed by atoms with Crippen LogP contribution in [0.3, 0.4) is 0 Å². The number of likely N-dealkylation sites (N-methyl/N-ethyl adjacent to an activating group) is 1.